The SMILES string of the molecule is CCN(CC)S(=O)(=O)c1ccc(NN=C(C#N)c2nc3ccccc3[nH]2)cc1. The third-order valence-corrected chi connectivity index (χ3v) is 6.28. The zero-order valence-electron chi connectivity index (χ0n) is 15.5. The summed E-state index contributed by atoms with van der Waals surface area (Å²) in [5.74, 6) is 0.358. The summed E-state index contributed by atoms with van der Waals surface area (Å²) < 4.78 is 26.4. The van der Waals surface area contributed by atoms with Gasteiger partial charge in [-0.2, -0.15) is 14.7 Å². The van der Waals surface area contributed by atoms with Crippen molar-refractivity contribution in [2.75, 3.05) is 18.5 Å². The van der Waals surface area contributed by atoms with Gasteiger partial charge in [0.25, 0.3) is 0 Å². The zero-order chi connectivity index (χ0) is 20.1. The van der Waals surface area contributed by atoms with Gasteiger partial charge in [0.2, 0.25) is 15.7 Å². The molecule has 144 valence electrons. The number of nitriles is 1. The number of para-hydroxylation sites is 2. The first-order valence-corrected chi connectivity index (χ1v) is 10.2. The Hall–Kier alpha value is -3.22. The molecule has 0 radical (unpaired) electrons. The summed E-state index contributed by atoms with van der Waals surface area (Å²) in [5.41, 5.74) is 4.98. The van der Waals surface area contributed by atoms with Crippen molar-refractivity contribution in [3.63, 3.8) is 0 Å². The number of hydrogen-bond acceptors (Lipinski definition) is 6. The second-order valence-corrected chi connectivity index (χ2v) is 7.84. The number of sulfonamides is 1. The number of rotatable bonds is 7. The maximum atomic E-state index is 12.5. The van der Waals surface area contributed by atoms with E-state index in [1.807, 2.05) is 30.3 Å². The van der Waals surface area contributed by atoms with Crippen molar-refractivity contribution in [1.29, 1.82) is 5.26 Å². The number of nitrogens with one attached hydrogen (secondary N) is 2. The molecule has 3 rings (SSSR count). The van der Waals surface area contributed by atoms with Gasteiger partial charge < -0.3 is 4.98 Å². The molecule has 8 nitrogen and oxygen atoms in total. The highest BCUT2D eigenvalue weighted by Crippen LogP contribution is 2.18. The van der Waals surface area contributed by atoms with Gasteiger partial charge in [-0.05, 0) is 36.4 Å². The zero-order valence-corrected chi connectivity index (χ0v) is 16.4. The summed E-state index contributed by atoms with van der Waals surface area (Å²) in [6, 6.07) is 15.7. The molecule has 0 fully saturated rings. The summed E-state index contributed by atoms with van der Waals surface area (Å²) in [4.78, 5) is 7.61. The van der Waals surface area contributed by atoms with Crippen LogP contribution < -0.4 is 5.43 Å². The molecule has 1 heterocycles. The molecule has 0 bridgehead atoms. The van der Waals surface area contributed by atoms with E-state index in [4.69, 9.17) is 0 Å². The molecule has 1 aromatic heterocycles. The molecule has 0 aliphatic carbocycles. The average Bonchev–Trinajstić information content (AvgIpc) is 3.13. The molecule has 0 unspecified atom stereocenters. The largest absolute Gasteiger partial charge is 0.336 e. The van der Waals surface area contributed by atoms with Crippen LogP contribution in [0.4, 0.5) is 5.69 Å². The third kappa shape index (κ3) is 3.88. The minimum atomic E-state index is -3.51. The van der Waals surface area contributed by atoms with E-state index in [2.05, 4.69) is 20.5 Å². The van der Waals surface area contributed by atoms with Crippen LogP contribution in [-0.4, -0.2) is 41.5 Å². The van der Waals surface area contributed by atoms with Gasteiger partial charge in [-0.25, -0.2) is 13.4 Å². The molecule has 28 heavy (non-hydrogen) atoms. The van der Waals surface area contributed by atoms with Crippen molar-refractivity contribution in [2.24, 2.45) is 5.10 Å². The Kier molecular flexibility index (Phi) is 5.73. The monoisotopic (exact) mass is 396 g/mol. The lowest BCUT2D eigenvalue weighted by molar-refractivity contribution is 0.445. The topological polar surface area (TPSA) is 114 Å². The van der Waals surface area contributed by atoms with E-state index in [1.54, 1.807) is 26.0 Å². The van der Waals surface area contributed by atoms with Gasteiger partial charge in [0, 0.05) is 13.1 Å². The minimum Gasteiger partial charge on any atom is -0.336 e. The summed E-state index contributed by atoms with van der Waals surface area (Å²) in [6.45, 7) is 4.42. The summed E-state index contributed by atoms with van der Waals surface area (Å²) >= 11 is 0. The Morgan fingerprint density at radius 3 is 2.46 bits per heavy atom. The highest BCUT2D eigenvalue weighted by atomic mass is 32.2. The van der Waals surface area contributed by atoms with Gasteiger partial charge in [-0.15, -0.1) is 0 Å². The molecule has 0 spiro atoms. The Bertz CT molecular complexity index is 1110. The van der Waals surface area contributed by atoms with Crippen LogP contribution >= 0.6 is 0 Å². The van der Waals surface area contributed by atoms with Gasteiger partial charge in [0.1, 0.15) is 6.07 Å². The molecular weight excluding hydrogens is 376 g/mol. The quantitative estimate of drug-likeness (QED) is 0.471. The van der Waals surface area contributed by atoms with Crippen LogP contribution in [0.2, 0.25) is 0 Å². The molecule has 0 amide bonds. The van der Waals surface area contributed by atoms with Gasteiger partial charge in [-0.3, -0.25) is 5.43 Å². The Labute approximate surface area is 163 Å². The van der Waals surface area contributed by atoms with Crippen LogP contribution in [0.1, 0.15) is 19.7 Å². The average molecular weight is 396 g/mol. The summed E-state index contributed by atoms with van der Waals surface area (Å²) in [5, 5.41) is 13.5. The normalized spacial score (nSPS) is 12.3. The van der Waals surface area contributed by atoms with Gasteiger partial charge >= 0.3 is 0 Å². The number of aromatic nitrogens is 2. The number of aromatic amines is 1. The number of nitrogens with zero attached hydrogens (tertiary/aromatic N) is 4. The first-order chi connectivity index (χ1) is 13.5. The number of benzene rings is 2. The van der Waals surface area contributed by atoms with Crippen LogP contribution in [0.3, 0.4) is 0 Å². The van der Waals surface area contributed by atoms with Gasteiger partial charge in [0.15, 0.2) is 5.82 Å². The molecule has 0 saturated heterocycles. The van der Waals surface area contributed by atoms with E-state index < -0.39 is 10.0 Å². The predicted octanol–water partition coefficient (Wildman–Crippen LogP) is 2.93. The molecule has 3 aromatic rings. The van der Waals surface area contributed by atoms with Crippen molar-refractivity contribution >= 4 is 32.5 Å². The summed E-state index contributed by atoms with van der Waals surface area (Å²) in [6.07, 6.45) is 0. The molecule has 0 aliphatic heterocycles. The molecule has 0 atom stereocenters. The molecule has 0 saturated carbocycles. The van der Waals surface area contributed by atoms with E-state index in [1.165, 1.54) is 16.4 Å². The van der Waals surface area contributed by atoms with Gasteiger partial charge in [-0.1, -0.05) is 26.0 Å². The lowest BCUT2D eigenvalue weighted by Crippen LogP contribution is -2.30. The Morgan fingerprint density at radius 1 is 1.18 bits per heavy atom. The Balaban J connectivity index is 1.80. The minimum absolute atomic E-state index is 0.0936. The molecule has 0 aliphatic rings. The van der Waals surface area contributed by atoms with E-state index in [0.29, 0.717) is 24.6 Å². The molecule has 9 heteroatoms. The maximum absolute atomic E-state index is 12.5. The fraction of sp³-hybridized carbons (Fsp3) is 0.211. The fourth-order valence-electron chi connectivity index (χ4n) is 2.73. The van der Waals surface area contributed by atoms with Crippen LogP contribution in [0.15, 0.2) is 58.5 Å². The number of anilines is 1. The van der Waals surface area contributed by atoms with E-state index in [9.17, 15) is 13.7 Å². The smallest absolute Gasteiger partial charge is 0.243 e. The number of imidazole rings is 1. The number of hydrazone groups is 1. The molecule has 2 N–H and O–H groups in total. The van der Waals surface area contributed by atoms with Crippen molar-refractivity contribution < 1.29 is 8.42 Å². The third-order valence-electron chi connectivity index (χ3n) is 4.21. The maximum Gasteiger partial charge on any atom is 0.243 e. The van der Waals surface area contributed by atoms with Crippen LogP contribution in [0.25, 0.3) is 11.0 Å². The Morgan fingerprint density at radius 2 is 1.86 bits per heavy atom. The first kappa shape index (κ1) is 19.5. The number of fused-ring (bicyclic) bond motifs is 1. The lowest BCUT2D eigenvalue weighted by atomic mass is 10.3. The predicted molar refractivity (Wildman–Crippen MR) is 108 cm³/mol. The molecule has 2 aromatic carbocycles. The van der Waals surface area contributed by atoms with Crippen LogP contribution in [-0.2, 0) is 10.0 Å². The number of hydrogen-bond donors (Lipinski definition) is 2. The van der Waals surface area contributed by atoms with Crippen molar-refractivity contribution in [2.45, 2.75) is 18.7 Å². The second-order valence-electron chi connectivity index (χ2n) is 5.90. The first-order valence-electron chi connectivity index (χ1n) is 8.78. The highest BCUT2D eigenvalue weighted by Gasteiger charge is 2.21. The highest BCUT2D eigenvalue weighted by molar-refractivity contribution is 7.89. The van der Waals surface area contributed by atoms with Crippen molar-refractivity contribution in [3.8, 4) is 6.07 Å². The van der Waals surface area contributed by atoms with Gasteiger partial charge in [0.05, 0.1) is 21.6 Å². The lowest BCUT2D eigenvalue weighted by Gasteiger charge is -2.18. The standard InChI is InChI=1S/C19H20N6O2S/c1-3-25(4-2)28(26,27)15-11-9-14(10-12-15)23-24-18(13-20)19-21-16-7-5-6-8-17(16)22-19/h5-12,23H,3-4H2,1-2H3,(H,21,22). The van der Waals surface area contributed by atoms with Crippen LogP contribution in [0, 0.1) is 11.3 Å². The number of H-pyrrole nitrogens is 1. The van der Waals surface area contributed by atoms with E-state index >= 15 is 0 Å². The van der Waals surface area contributed by atoms with Crippen LogP contribution in [0.5, 0.6) is 0 Å². The van der Waals surface area contributed by atoms with Crippen molar-refractivity contribution in [3.05, 3.63) is 54.4 Å². The second kappa shape index (κ2) is 8.21. The van der Waals surface area contributed by atoms with E-state index in [-0.39, 0.29) is 10.6 Å². The van der Waals surface area contributed by atoms with E-state index in [0.717, 1.165) is 11.0 Å². The summed E-state index contributed by atoms with van der Waals surface area (Å²) in [7, 11) is -3.51. The molecular formula is C19H20N6O2S. The van der Waals surface area contributed by atoms with Crippen molar-refractivity contribution in [1.82, 2.24) is 14.3 Å². The fourth-order valence-corrected chi connectivity index (χ4v) is 4.19.